The Morgan fingerprint density at radius 2 is 1.75 bits per heavy atom. The Hall–Kier alpha value is -0.260. The van der Waals surface area contributed by atoms with Crippen molar-refractivity contribution in [2.45, 2.75) is 55.1 Å². The van der Waals surface area contributed by atoms with E-state index in [2.05, 4.69) is 6.07 Å². The van der Waals surface area contributed by atoms with Crippen LogP contribution in [0.5, 0.6) is 0 Å². The van der Waals surface area contributed by atoms with Crippen LogP contribution in [0.4, 0.5) is 0 Å². The lowest BCUT2D eigenvalue weighted by Gasteiger charge is -2.67. The quantitative estimate of drug-likeness (QED) is 0.607. The highest BCUT2D eigenvalue weighted by molar-refractivity contribution is 6.24. The summed E-state index contributed by atoms with van der Waals surface area (Å²) < 4.78 is 5.98. The number of rotatable bonds is 0. The third-order valence-electron chi connectivity index (χ3n) is 5.51. The van der Waals surface area contributed by atoms with Crippen molar-refractivity contribution < 1.29 is 4.74 Å². The van der Waals surface area contributed by atoms with Gasteiger partial charge in [0.05, 0.1) is 11.7 Å². The maximum Gasteiger partial charge on any atom is 0.147 e. The molecular weight excluding hydrogens is 222 g/mol. The first-order chi connectivity index (χ1) is 7.63. The molecule has 1 saturated heterocycles. The molecule has 4 aliphatic carbocycles. The molecule has 5 aliphatic rings. The minimum absolute atomic E-state index is 0.0652. The number of hydrogen-bond acceptors (Lipinski definition) is 2. The van der Waals surface area contributed by atoms with Gasteiger partial charge >= 0.3 is 0 Å². The van der Waals surface area contributed by atoms with E-state index in [1.165, 1.54) is 19.3 Å². The zero-order chi connectivity index (χ0) is 11.0. The van der Waals surface area contributed by atoms with E-state index in [-0.39, 0.29) is 16.6 Å². The van der Waals surface area contributed by atoms with Gasteiger partial charge in [0.25, 0.3) is 0 Å². The summed E-state index contributed by atoms with van der Waals surface area (Å²) in [7, 11) is 0. The first-order valence-corrected chi connectivity index (χ1v) is 6.78. The normalized spacial score (nSPS) is 62.0. The fourth-order valence-corrected chi connectivity index (χ4v) is 5.70. The van der Waals surface area contributed by atoms with Crippen molar-refractivity contribution >= 4 is 11.6 Å². The van der Waals surface area contributed by atoms with Crippen LogP contribution in [0.25, 0.3) is 0 Å². The monoisotopic (exact) mass is 237 g/mol. The fourth-order valence-electron chi connectivity index (χ4n) is 5.11. The Morgan fingerprint density at radius 3 is 2.25 bits per heavy atom. The van der Waals surface area contributed by atoms with Gasteiger partial charge in [-0.2, -0.15) is 5.26 Å². The summed E-state index contributed by atoms with van der Waals surface area (Å²) in [4.78, 5) is 0.0862. The van der Waals surface area contributed by atoms with Crippen molar-refractivity contribution in [1.82, 2.24) is 0 Å². The molecule has 5 rings (SSSR count). The second kappa shape index (κ2) is 2.76. The summed E-state index contributed by atoms with van der Waals surface area (Å²) in [5.74, 6) is 2.12. The molecule has 0 aromatic rings. The topological polar surface area (TPSA) is 33.0 Å². The number of alkyl halides is 1. The van der Waals surface area contributed by atoms with Crippen molar-refractivity contribution in [3.05, 3.63) is 0 Å². The lowest BCUT2D eigenvalue weighted by molar-refractivity contribution is -0.287. The Labute approximate surface area is 101 Å². The highest BCUT2D eigenvalue weighted by atomic mass is 35.5. The molecule has 1 spiro atoms. The molecule has 3 unspecified atom stereocenters. The van der Waals surface area contributed by atoms with Crippen LogP contribution in [0.3, 0.4) is 0 Å². The summed E-state index contributed by atoms with van der Waals surface area (Å²) in [5.41, 5.74) is 0.0652. The van der Waals surface area contributed by atoms with Gasteiger partial charge in [-0.3, -0.25) is 0 Å². The van der Waals surface area contributed by atoms with Gasteiger partial charge in [0.15, 0.2) is 0 Å². The van der Waals surface area contributed by atoms with Crippen molar-refractivity contribution in [1.29, 1.82) is 5.26 Å². The number of halogens is 1. The van der Waals surface area contributed by atoms with Crippen molar-refractivity contribution in [3.63, 3.8) is 0 Å². The minimum atomic E-state index is -0.135. The maximum absolute atomic E-state index is 8.87. The zero-order valence-corrected chi connectivity index (χ0v) is 10.0. The number of nitrogens with zero attached hydrogens (tertiary/aromatic N) is 1. The smallest absolute Gasteiger partial charge is 0.147 e. The van der Waals surface area contributed by atoms with E-state index in [0.29, 0.717) is 11.8 Å². The van der Waals surface area contributed by atoms with Gasteiger partial charge in [-0.05, 0) is 49.9 Å². The largest absolute Gasteiger partial charge is 0.356 e. The van der Waals surface area contributed by atoms with Crippen LogP contribution in [0.1, 0.15) is 38.5 Å². The van der Waals surface area contributed by atoms with Gasteiger partial charge in [-0.15, -0.1) is 11.6 Å². The van der Waals surface area contributed by atoms with Crippen LogP contribution in [0.2, 0.25) is 0 Å². The Bertz CT molecular complexity index is 364. The number of nitriles is 1. The highest BCUT2D eigenvalue weighted by Gasteiger charge is 2.66. The van der Waals surface area contributed by atoms with E-state index in [9.17, 15) is 0 Å². The number of ether oxygens (including phenoxy) is 1. The van der Waals surface area contributed by atoms with Gasteiger partial charge in [0.1, 0.15) is 6.10 Å². The molecule has 0 radical (unpaired) electrons. The van der Waals surface area contributed by atoms with Gasteiger partial charge in [-0.1, -0.05) is 0 Å². The molecule has 3 heteroatoms. The van der Waals surface area contributed by atoms with Crippen LogP contribution >= 0.6 is 11.6 Å². The van der Waals surface area contributed by atoms with Crippen LogP contribution in [0.15, 0.2) is 0 Å². The van der Waals surface area contributed by atoms with Crippen molar-refractivity contribution in [2.75, 3.05) is 0 Å². The second-order valence-corrected chi connectivity index (χ2v) is 7.19. The van der Waals surface area contributed by atoms with Crippen LogP contribution < -0.4 is 0 Å². The standard InChI is InChI=1S/C13H16ClNO/c14-12-3-8-1-9(4-12)13(10(2-8)5-12)6-11(7-15)16-13/h8-11H,1-6H2. The molecule has 1 heterocycles. The summed E-state index contributed by atoms with van der Waals surface area (Å²) in [5, 5.41) is 8.87. The molecule has 5 fully saturated rings. The fraction of sp³-hybridized carbons (Fsp3) is 0.923. The van der Waals surface area contributed by atoms with Crippen LogP contribution in [0, 0.1) is 29.1 Å². The average molecular weight is 238 g/mol. The minimum Gasteiger partial charge on any atom is -0.356 e. The van der Waals surface area contributed by atoms with E-state index in [0.717, 1.165) is 25.2 Å². The lowest BCUT2D eigenvalue weighted by atomic mass is 9.47. The molecule has 1 aliphatic heterocycles. The molecule has 2 nitrogen and oxygen atoms in total. The summed E-state index contributed by atoms with van der Waals surface area (Å²) in [6, 6.07) is 2.24. The first kappa shape index (κ1) is 9.74. The molecule has 3 atom stereocenters. The summed E-state index contributed by atoms with van der Waals surface area (Å²) in [6.07, 6.45) is 6.90. The molecule has 16 heavy (non-hydrogen) atoms. The number of hydrogen-bond donors (Lipinski definition) is 0. The predicted octanol–water partition coefficient (Wildman–Crippen LogP) is 2.86. The molecule has 0 N–H and O–H groups in total. The maximum atomic E-state index is 8.87. The van der Waals surface area contributed by atoms with E-state index in [1.807, 2.05) is 0 Å². The predicted molar refractivity (Wildman–Crippen MR) is 60.0 cm³/mol. The van der Waals surface area contributed by atoms with Crippen molar-refractivity contribution in [3.8, 4) is 6.07 Å². The molecule has 4 bridgehead atoms. The van der Waals surface area contributed by atoms with Crippen LogP contribution in [-0.2, 0) is 4.74 Å². The lowest BCUT2D eigenvalue weighted by Crippen LogP contribution is -2.69. The third kappa shape index (κ3) is 1.02. The van der Waals surface area contributed by atoms with Gasteiger partial charge in [0, 0.05) is 11.3 Å². The Morgan fingerprint density at radius 1 is 1.12 bits per heavy atom. The van der Waals surface area contributed by atoms with Crippen LogP contribution in [-0.4, -0.2) is 16.6 Å². The Balaban J connectivity index is 1.66. The first-order valence-electron chi connectivity index (χ1n) is 6.40. The average Bonchev–Trinajstić information content (AvgIpc) is 2.12. The van der Waals surface area contributed by atoms with E-state index < -0.39 is 0 Å². The molecule has 0 aromatic carbocycles. The molecule has 86 valence electrons. The summed E-state index contributed by atoms with van der Waals surface area (Å²) >= 11 is 6.69. The molecule has 0 aromatic heterocycles. The van der Waals surface area contributed by atoms with E-state index >= 15 is 0 Å². The second-order valence-electron chi connectivity index (χ2n) is 6.39. The molecule has 0 amide bonds. The zero-order valence-electron chi connectivity index (χ0n) is 9.29. The SMILES string of the molecule is N#CC1CC2(O1)C1CC3CC2CC(Cl)(C3)C1. The molecule has 4 saturated carbocycles. The van der Waals surface area contributed by atoms with Gasteiger partial charge in [0.2, 0.25) is 0 Å². The molecular formula is C13H16ClNO. The van der Waals surface area contributed by atoms with Gasteiger partial charge in [-0.25, -0.2) is 0 Å². The summed E-state index contributed by atoms with van der Waals surface area (Å²) in [6.45, 7) is 0. The highest BCUT2D eigenvalue weighted by Crippen LogP contribution is 2.66. The third-order valence-corrected chi connectivity index (χ3v) is 5.97. The van der Waals surface area contributed by atoms with Crippen molar-refractivity contribution in [2.24, 2.45) is 17.8 Å². The van der Waals surface area contributed by atoms with Gasteiger partial charge < -0.3 is 4.74 Å². The Kier molecular flexibility index (Phi) is 1.68. The van der Waals surface area contributed by atoms with E-state index in [4.69, 9.17) is 21.6 Å². The van der Waals surface area contributed by atoms with E-state index in [1.54, 1.807) is 0 Å².